The van der Waals surface area contributed by atoms with Crippen LogP contribution in [0.25, 0.3) is 0 Å². The van der Waals surface area contributed by atoms with Crippen LogP contribution in [-0.4, -0.2) is 20.8 Å². The molecule has 0 heterocycles. The number of hydrogen-bond donors (Lipinski definition) is 0. The molecular weight excluding hydrogens is 176 g/mol. The zero-order valence-corrected chi connectivity index (χ0v) is 9.38. The monoisotopic (exact) mass is 196 g/mol. The maximum absolute atomic E-state index is 5.26. The summed E-state index contributed by atoms with van der Waals surface area (Å²) < 4.78 is 10.5. The first kappa shape index (κ1) is 11.3. The predicted octanol–water partition coefficient (Wildman–Crippen LogP) is 2.91. The molecule has 0 bridgehead atoms. The number of methoxy groups -OCH3 is 2. The largest absolute Gasteiger partial charge is 0.501 e. The summed E-state index contributed by atoms with van der Waals surface area (Å²) in [5.41, 5.74) is 1.50. The van der Waals surface area contributed by atoms with E-state index in [1.54, 1.807) is 14.2 Å². The molecule has 1 rings (SSSR count). The molecule has 2 nitrogen and oxygen atoms in total. The molecule has 0 saturated heterocycles. The SMILES string of the molecule is CCCC1=CC=C(OC)CC1COC. The Labute approximate surface area is 86.6 Å². The van der Waals surface area contributed by atoms with Crippen molar-refractivity contribution in [2.24, 2.45) is 5.92 Å². The molecular formula is C12H20O2. The molecule has 0 amide bonds. The summed E-state index contributed by atoms with van der Waals surface area (Å²) in [4.78, 5) is 0. The fourth-order valence-corrected chi connectivity index (χ4v) is 1.87. The summed E-state index contributed by atoms with van der Waals surface area (Å²) in [6.45, 7) is 3.01. The maximum atomic E-state index is 5.26. The van der Waals surface area contributed by atoms with Crippen molar-refractivity contribution in [1.82, 2.24) is 0 Å². The normalized spacial score (nSPS) is 21.5. The van der Waals surface area contributed by atoms with Gasteiger partial charge in [0, 0.05) is 19.4 Å². The van der Waals surface area contributed by atoms with E-state index in [-0.39, 0.29) is 0 Å². The molecule has 1 aliphatic rings. The predicted molar refractivity (Wildman–Crippen MR) is 58.1 cm³/mol. The van der Waals surface area contributed by atoms with Gasteiger partial charge in [0.15, 0.2) is 0 Å². The van der Waals surface area contributed by atoms with E-state index in [1.165, 1.54) is 18.4 Å². The van der Waals surface area contributed by atoms with Gasteiger partial charge in [0.25, 0.3) is 0 Å². The van der Waals surface area contributed by atoms with E-state index in [9.17, 15) is 0 Å². The summed E-state index contributed by atoms with van der Waals surface area (Å²) >= 11 is 0. The highest BCUT2D eigenvalue weighted by Gasteiger charge is 2.18. The average Bonchev–Trinajstić information content (AvgIpc) is 2.21. The lowest BCUT2D eigenvalue weighted by atomic mass is 9.88. The van der Waals surface area contributed by atoms with Crippen LogP contribution in [0, 0.1) is 5.92 Å². The van der Waals surface area contributed by atoms with E-state index in [0.717, 1.165) is 18.8 Å². The molecule has 1 unspecified atom stereocenters. The van der Waals surface area contributed by atoms with Gasteiger partial charge in [-0.1, -0.05) is 25.0 Å². The lowest BCUT2D eigenvalue weighted by molar-refractivity contribution is 0.151. The van der Waals surface area contributed by atoms with Crippen molar-refractivity contribution < 1.29 is 9.47 Å². The van der Waals surface area contributed by atoms with Gasteiger partial charge < -0.3 is 9.47 Å². The van der Waals surface area contributed by atoms with Gasteiger partial charge in [0.1, 0.15) is 0 Å². The minimum absolute atomic E-state index is 0.514. The van der Waals surface area contributed by atoms with Crippen molar-refractivity contribution in [3.05, 3.63) is 23.5 Å². The Balaban J connectivity index is 2.65. The fraction of sp³-hybridized carbons (Fsp3) is 0.667. The Morgan fingerprint density at radius 1 is 1.36 bits per heavy atom. The van der Waals surface area contributed by atoms with Crippen LogP contribution in [0.15, 0.2) is 23.5 Å². The molecule has 0 N–H and O–H groups in total. The van der Waals surface area contributed by atoms with E-state index in [0.29, 0.717) is 5.92 Å². The third-order valence-corrected chi connectivity index (χ3v) is 2.62. The van der Waals surface area contributed by atoms with Gasteiger partial charge in [0.05, 0.1) is 19.5 Å². The minimum atomic E-state index is 0.514. The van der Waals surface area contributed by atoms with Crippen LogP contribution in [0.1, 0.15) is 26.2 Å². The van der Waals surface area contributed by atoms with Crippen LogP contribution in [0.2, 0.25) is 0 Å². The minimum Gasteiger partial charge on any atom is -0.501 e. The molecule has 0 saturated carbocycles. The van der Waals surface area contributed by atoms with Crippen LogP contribution < -0.4 is 0 Å². The van der Waals surface area contributed by atoms with Crippen molar-refractivity contribution in [3.63, 3.8) is 0 Å². The molecule has 0 fully saturated rings. The highest BCUT2D eigenvalue weighted by molar-refractivity contribution is 5.24. The zero-order chi connectivity index (χ0) is 10.4. The van der Waals surface area contributed by atoms with E-state index >= 15 is 0 Å². The molecule has 0 aromatic rings. The number of ether oxygens (including phenoxy) is 2. The van der Waals surface area contributed by atoms with E-state index in [2.05, 4.69) is 19.1 Å². The second-order valence-electron chi connectivity index (χ2n) is 3.69. The van der Waals surface area contributed by atoms with Gasteiger partial charge in [-0.15, -0.1) is 0 Å². The fourth-order valence-electron chi connectivity index (χ4n) is 1.87. The van der Waals surface area contributed by atoms with Gasteiger partial charge in [-0.05, 0) is 12.5 Å². The molecule has 0 aliphatic heterocycles. The van der Waals surface area contributed by atoms with Crippen molar-refractivity contribution in [2.45, 2.75) is 26.2 Å². The highest BCUT2D eigenvalue weighted by Crippen LogP contribution is 2.28. The zero-order valence-electron chi connectivity index (χ0n) is 9.38. The Morgan fingerprint density at radius 3 is 2.71 bits per heavy atom. The summed E-state index contributed by atoms with van der Waals surface area (Å²) in [6.07, 6.45) is 7.62. The smallest absolute Gasteiger partial charge is 0.0962 e. The third kappa shape index (κ3) is 2.88. The number of hydrogen-bond acceptors (Lipinski definition) is 2. The van der Waals surface area contributed by atoms with Gasteiger partial charge in [0.2, 0.25) is 0 Å². The van der Waals surface area contributed by atoms with Gasteiger partial charge in [-0.25, -0.2) is 0 Å². The lowest BCUT2D eigenvalue weighted by Gasteiger charge is -2.23. The quantitative estimate of drug-likeness (QED) is 0.673. The number of rotatable bonds is 5. The second kappa shape index (κ2) is 5.86. The van der Waals surface area contributed by atoms with Crippen LogP contribution >= 0.6 is 0 Å². The molecule has 2 heteroatoms. The van der Waals surface area contributed by atoms with Crippen LogP contribution in [0.3, 0.4) is 0 Å². The van der Waals surface area contributed by atoms with Crippen molar-refractivity contribution in [1.29, 1.82) is 0 Å². The molecule has 1 aliphatic carbocycles. The Kier molecular flexibility index (Phi) is 4.74. The van der Waals surface area contributed by atoms with E-state index < -0.39 is 0 Å². The molecule has 0 aromatic heterocycles. The lowest BCUT2D eigenvalue weighted by Crippen LogP contribution is -2.15. The standard InChI is InChI=1S/C12H20O2/c1-4-5-10-6-7-12(14-3)8-11(10)9-13-2/h6-7,11H,4-5,8-9H2,1-3H3. The second-order valence-corrected chi connectivity index (χ2v) is 3.69. The molecule has 0 spiro atoms. The summed E-state index contributed by atoms with van der Waals surface area (Å²) in [5.74, 6) is 1.58. The van der Waals surface area contributed by atoms with Crippen LogP contribution in [0.4, 0.5) is 0 Å². The average molecular weight is 196 g/mol. The third-order valence-electron chi connectivity index (χ3n) is 2.62. The number of allylic oxidation sites excluding steroid dienone is 3. The maximum Gasteiger partial charge on any atom is 0.0962 e. The first-order valence-electron chi connectivity index (χ1n) is 5.24. The summed E-state index contributed by atoms with van der Waals surface area (Å²) in [6, 6.07) is 0. The van der Waals surface area contributed by atoms with E-state index in [4.69, 9.17) is 9.47 Å². The molecule has 1 atom stereocenters. The van der Waals surface area contributed by atoms with Gasteiger partial charge in [-0.2, -0.15) is 0 Å². The molecule has 0 radical (unpaired) electrons. The molecule has 80 valence electrons. The van der Waals surface area contributed by atoms with Crippen molar-refractivity contribution in [2.75, 3.05) is 20.8 Å². The van der Waals surface area contributed by atoms with Crippen molar-refractivity contribution in [3.8, 4) is 0 Å². The van der Waals surface area contributed by atoms with Gasteiger partial charge in [-0.3, -0.25) is 0 Å². The molecule has 14 heavy (non-hydrogen) atoms. The van der Waals surface area contributed by atoms with Crippen LogP contribution in [0.5, 0.6) is 0 Å². The van der Waals surface area contributed by atoms with Gasteiger partial charge >= 0.3 is 0 Å². The first-order chi connectivity index (χ1) is 6.81. The topological polar surface area (TPSA) is 18.5 Å². The Bertz CT molecular complexity index is 228. The van der Waals surface area contributed by atoms with Crippen LogP contribution in [-0.2, 0) is 9.47 Å². The summed E-state index contributed by atoms with van der Waals surface area (Å²) in [5, 5.41) is 0. The Hall–Kier alpha value is -0.760. The van der Waals surface area contributed by atoms with Crippen molar-refractivity contribution >= 4 is 0 Å². The van der Waals surface area contributed by atoms with E-state index in [1.807, 2.05) is 0 Å². The first-order valence-corrected chi connectivity index (χ1v) is 5.24. The molecule has 0 aromatic carbocycles. The Morgan fingerprint density at radius 2 is 2.14 bits per heavy atom. The highest BCUT2D eigenvalue weighted by atomic mass is 16.5. The summed E-state index contributed by atoms with van der Waals surface area (Å²) in [7, 11) is 3.49.